The predicted molar refractivity (Wildman–Crippen MR) is 97.6 cm³/mol. The number of aliphatic imine (C=N–C) groups is 1. The van der Waals surface area contributed by atoms with Gasteiger partial charge < -0.3 is 0 Å². The van der Waals surface area contributed by atoms with Gasteiger partial charge in [0.1, 0.15) is 11.4 Å². The Balaban J connectivity index is 1.86. The summed E-state index contributed by atoms with van der Waals surface area (Å²) in [5.41, 5.74) is 2.00. The normalized spacial score (nSPS) is 19.7. The molecule has 1 heterocycles. The highest BCUT2D eigenvalue weighted by molar-refractivity contribution is 9.10. The number of carbonyl (C=O) groups excluding carboxylic acids is 1. The second kappa shape index (κ2) is 6.76. The van der Waals surface area contributed by atoms with Gasteiger partial charge in [0, 0.05) is 10.9 Å². The van der Waals surface area contributed by atoms with E-state index < -0.39 is 5.54 Å². The zero-order valence-electron chi connectivity index (χ0n) is 14.1. The maximum absolute atomic E-state index is 13.1. The monoisotopic (exact) mass is 376 g/mol. The molecule has 4 heteroatoms. The van der Waals surface area contributed by atoms with Crippen LogP contribution in [0.1, 0.15) is 63.0 Å². The van der Waals surface area contributed by atoms with Gasteiger partial charge in [-0.2, -0.15) is 0 Å². The molecular formula is C19H25BrN2O. The maximum atomic E-state index is 13.1. The fourth-order valence-corrected chi connectivity index (χ4v) is 4.18. The molecule has 0 aromatic heterocycles. The number of rotatable bonds is 5. The molecule has 0 atom stereocenters. The smallest absolute Gasteiger partial charge is 0.256 e. The summed E-state index contributed by atoms with van der Waals surface area (Å²) in [4.78, 5) is 20.0. The first-order chi connectivity index (χ1) is 11.1. The topological polar surface area (TPSA) is 32.7 Å². The van der Waals surface area contributed by atoms with Gasteiger partial charge in [0.15, 0.2) is 0 Å². The highest BCUT2D eigenvalue weighted by Crippen LogP contribution is 2.40. The van der Waals surface area contributed by atoms with Gasteiger partial charge in [0.25, 0.3) is 5.91 Å². The van der Waals surface area contributed by atoms with Crippen molar-refractivity contribution in [1.29, 1.82) is 0 Å². The van der Waals surface area contributed by atoms with E-state index in [1.165, 1.54) is 11.1 Å². The molecule has 1 aliphatic heterocycles. The van der Waals surface area contributed by atoms with Crippen molar-refractivity contribution in [3.05, 3.63) is 33.8 Å². The van der Waals surface area contributed by atoms with Crippen LogP contribution in [-0.2, 0) is 11.3 Å². The number of carbonyl (C=O) groups is 1. The average Bonchev–Trinajstić information content (AvgIpc) is 3.09. The van der Waals surface area contributed by atoms with Crippen molar-refractivity contribution in [3.63, 3.8) is 0 Å². The lowest BCUT2D eigenvalue weighted by Crippen LogP contribution is -2.40. The molecule has 124 valence electrons. The minimum Gasteiger partial charge on any atom is -0.294 e. The van der Waals surface area contributed by atoms with E-state index in [1.54, 1.807) is 0 Å². The molecule has 1 amide bonds. The minimum absolute atomic E-state index is 0.239. The van der Waals surface area contributed by atoms with Gasteiger partial charge in [-0.05, 0) is 49.4 Å². The summed E-state index contributed by atoms with van der Waals surface area (Å²) in [6.45, 7) is 4.95. The Morgan fingerprint density at radius 1 is 1.30 bits per heavy atom. The van der Waals surface area contributed by atoms with Gasteiger partial charge >= 0.3 is 0 Å². The molecule has 23 heavy (non-hydrogen) atoms. The number of unbranched alkanes of at least 4 members (excludes halogenated alkanes) is 1. The summed E-state index contributed by atoms with van der Waals surface area (Å²) in [5.74, 6) is 1.25. The van der Waals surface area contributed by atoms with Crippen molar-refractivity contribution in [2.45, 2.75) is 70.9 Å². The SMILES string of the molecule is CCCCC1=NC2(CCCC2)C(=O)N1Cc1ccc(Br)cc1C. The van der Waals surface area contributed by atoms with Crippen LogP contribution >= 0.6 is 15.9 Å². The largest absolute Gasteiger partial charge is 0.294 e. The quantitative estimate of drug-likeness (QED) is 0.711. The summed E-state index contributed by atoms with van der Waals surface area (Å²) < 4.78 is 1.08. The second-order valence-electron chi connectivity index (χ2n) is 6.83. The zero-order valence-corrected chi connectivity index (χ0v) is 15.7. The first-order valence-corrected chi connectivity index (χ1v) is 9.51. The van der Waals surface area contributed by atoms with Gasteiger partial charge in [-0.1, -0.05) is 48.2 Å². The molecule has 0 bridgehead atoms. The molecule has 0 N–H and O–H groups in total. The fourth-order valence-electron chi connectivity index (χ4n) is 3.71. The molecule has 1 spiro atoms. The molecule has 1 aromatic carbocycles. The van der Waals surface area contributed by atoms with E-state index in [1.807, 2.05) is 4.90 Å². The number of nitrogens with zero attached hydrogens (tertiary/aromatic N) is 2. The van der Waals surface area contributed by atoms with Gasteiger partial charge in [-0.15, -0.1) is 0 Å². The molecule has 0 unspecified atom stereocenters. The van der Waals surface area contributed by atoms with Crippen molar-refractivity contribution in [1.82, 2.24) is 4.90 Å². The molecule has 2 aliphatic rings. The Bertz CT molecular complexity index is 632. The van der Waals surface area contributed by atoms with Gasteiger partial charge in [-0.3, -0.25) is 14.7 Å². The van der Waals surface area contributed by atoms with Crippen LogP contribution in [0.25, 0.3) is 0 Å². The maximum Gasteiger partial charge on any atom is 0.256 e. The lowest BCUT2D eigenvalue weighted by atomic mass is 9.98. The Kier molecular flexibility index (Phi) is 4.90. The van der Waals surface area contributed by atoms with E-state index >= 15 is 0 Å². The van der Waals surface area contributed by atoms with E-state index in [0.29, 0.717) is 6.54 Å². The molecule has 1 fully saturated rings. The Morgan fingerprint density at radius 2 is 2.04 bits per heavy atom. The number of halogens is 1. The van der Waals surface area contributed by atoms with Gasteiger partial charge in [-0.25, -0.2) is 0 Å². The highest BCUT2D eigenvalue weighted by atomic mass is 79.9. The third-order valence-corrected chi connectivity index (χ3v) is 5.61. The van der Waals surface area contributed by atoms with Crippen molar-refractivity contribution < 1.29 is 4.79 Å². The van der Waals surface area contributed by atoms with Crippen LogP contribution in [0, 0.1) is 6.92 Å². The number of benzene rings is 1. The number of hydrogen-bond donors (Lipinski definition) is 0. The van der Waals surface area contributed by atoms with Crippen molar-refractivity contribution in [2.75, 3.05) is 0 Å². The van der Waals surface area contributed by atoms with Crippen LogP contribution < -0.4 is 0 Å². The summed E-state index contributed by atoms with van der Waals surface area (Å²) >= 11 is 3.51. The predicted octanol–water partition coefficient (Wildman–Crippen LogP) is 5.00. The Hall–Kier alpha value is -1.16. The van der Waals surface area contributed by atoms with E-state index in [4.69, 9.17) is 4.99 Å². The zero-order chi connectivity index (χ0) is 16.4. The molecule has 0 saturated heterocycles. The third kappa shape index (κ3) is 3.23. The number of aryl methyl sites for hydroxylation is 1. The van der Waals surface area contributed by atoms with Crippen molar-refractivity contribution in [3.8, 4) is 0 Å². The summed E-state index contributed by atoms with van der Waals surface area (Å²) in [5, 5.41) is 0. The molecule has 1 aliphatic carbocycles. The summed E-state index contributed by atoms with van der Waals surface area (Å²) in [6.07, 6.45) is 7.25. The van der Waals surface area contributed by atoms with E-state index in [-0.39, 0.29) is 5.91 Å². The second-order valence-corrected chi connectivity index (χ2v) is 7.75. The fraction of sp³-hybridized carbons (Fsp3) is 0.579. The van der Waals surface area contributed by atoms with Crippen LogP contribution in [0.2, 0.25) is 0 Å². The Labute approximate surface area is 147 Å². The van der Waals surface area contributed by atoms with Crippen LogP contribution in [0.5, 0.6) is 0 Å². The molecule has 3 rings (SSSR count). The Morgan fingerprint density at radius 3 is 2.70 bits per heavy atom. The van der Waals surface area contributed by atoms with Crippen molar-refractivity contribution >= 4 is 27.7 Å². The van der Waals surface area contributed by atoms with Crippen LogP contribution in [-0.4, -0.2) is 22.2 Å². The van der Waals surface area contributed by atoms with Gasteiger partial charge in [0.2, 0.25) is 0 Å². The highest BCUT2D eigenvalue weighted by Gasteiger charge is 2.49. The standard InChI is InChI=1S/C19H25BrN2O/c1-3-4-7-17-21-19(10-5-6-11-19)18(23)22(17)13-15-8-9-16(20)12-14(15)2/h8-9,12H,3-7,10-11,13H2,1-2H3. The number of amides is 1. The van der Waals surface area contributed by atoms with Crippen molar-refractivity contribution in [2.24, 2.45) is 4.99 Å². The molecule has 3 nitrogen and oxygen atoms in total. The molecule has 1 aromatic rings. The van der Waals surface area contributed by atoms with Crippen LogP contribution in [0.15, 0.2) is 27.7 Å². The average molecular weight is 377 g/mol. The summed E-state index contributed by atoms with van der Waals surface area (Å²) in [6, 6.07) is 6.28. The van der Waals surface area contributed by atoms with Crippen LogP contribution in [0.3, 0.4) is 0 Å². The van der Waals surface area contributed by atoms with Crippen LogP contribution in [0.4, 0.5) is 0 Å². The number of hydrogen-bond acceptors (Lipinski definition) is 2. The first kappa shape index (κ1) is 16.7. The van der Waals surface area contributed by atoms with Gasteiger partial charge in [0.05, 0.1) is 6.54 Å². The lowest BCUT2D eigenvalue weighted by Gasteiger charge is -2.23. The lowest BCUT2D eigenvalue weighted by molar-refractivity contribution is -0.131. The minimum atomic E-state index is -0.424. The molecular weight excluding hydrogens is 352 g/mol. The van der Waals surface area contributed by atoms with E-state index in [0.717, 1.165) is 55.3 Å². The molecule has 1 saturated carbocycles. The van der Waals surface area contributed by atoms with E-state index in [2.05, 4.69) is 48.0 Å². The summed E-state index contributed by atoms with van der Waals surface area (Å²) in [7, 11) is 0. The third-order valence-electron chi connectivity index (χ3n) is 5.12. The molecule has 0 radical (unpaired) electrons. The first-order valence-electron chi connectivity index (χ1n) is 8.71. The number of amidine groups is 1. The van der Waals surface area contributed by atoms with E-state index in [9.17, 15) is 4.79 Å².